The standard InChI is InChI=1S/C25H16ClFINO5S/c1-33-21-10-14(6-9-20(21)34-24(31)17-4-2-3-5-19(17)28)11-22-23(30)29(25(32)35-22)13-15-7-8-16(27)12-18(15)26/h2-12H,13H2,1H3/b22-11-. The summed E-state index contributed by atoms with van der Waals surface area (Å²) in [5.41, 5.74) is 1.45. The van der Waals surface area contributed by atoms with Crippen molar-refractivity contribution in [3.05, 3.63) is 96.7 Å². The quantitative estimate of drug-likeness (QED) is 0.134. The maximum absolute atomic E-state index is 13.3. The number of benzene rings is 3. The minimum Gasteiger partial charge on any atom is -0.493 e. The lowest BCUT2D eigenvalue weighted by Crippen LogP contribution is -2.27. The van der Waals surface area contributed by atoms with Gasteiger partial charge in [-0.3, -0.25) is 14.5 Å². The second-order valence-corrected chi connectivity index (χ2v) is 9.85. The summed E-state index contributed by atoms with van der Waals surface area (Å²) in [4.78, 5) is 39.1. The largest absolute Gasteiger partial charge is 0.493 e. The van der Waals surface area contributed by atoms with Crippen LogP contribution in [0, 0.1) is 9.39 Å². The normalized spacial score (nSPS) is 14.5. The molecule has 6 nitrogen and oxygen atoms in total. The average molecular weight is 624 g/mol. The number of thioether (sulfide) groups is 1. The summed E-state index contributed by atoms with van der Waals surface area (Å²) in [6.45, 7) is -0.0718. The zero-order valence-corrected chi connectivity index (χ0v) is 21.8. The van der Waals surface area contributed by atoms with E-state index in [1.54, 1.807) is 42.5 Å². The van der Waals surface area contributed by atoms with E-state index in [9.17, 15) is 18.8 Å². The molecule has 1 fully saturated rings. The zero-order chi connectivity index (χ0) is 25.1. The van der Waals surface area contributed by atoms with Gasteiger partial charge in [0.05, 0.1) is 24.1 Å². The van der Waals surface area contributed by atoms with Crippen molar-refractivity contribution >= 4 is 69.1 Å². The summed E-state index contributed by atoms with van der Waals surface area (Å²) in [5, 5.41) is -0.329. The number of imide groups is 1. The molecule has 0 radical (unpaired) electrons. The Kier molecular flexibility index (Phi) is 7.78. The second-order valence-electron chi connectivity index (χ2n) is 7.28. The van der Waals surface area contributed by atoms with E-state index in [4.69, 9.17) is 21.1 Å². The van der Waals surface area contributed by atoms with Gasteiger partial charge < -0.3 is 9.47 Å². The van der Waals surface area contributed by atoms with E-state index in [1.807, 2.05) is 6.07 Å². The monoisotopic (exact) mass is 623 g/mol. The minimum atomic E-state index is -0.526. The second kappa shape index (κ2) is 10.8. The van der Waals surface area contributed by atoms with Gasteiger partial charge in [-0.1, -0.05) is 35.9 Å². The van der Waals surface area contributed by atoms with Gasteiger partial charge in [-0.2, -0.15) is 0 Å². The molecule has 3 aromatic carbocycles. The molecule has 0 unspecified atom stereocenters. The Labute approximate surface area is 223 Å². The molecule has 0 saturated carbocycles. The van der Waals surface area contributed by atoms with Crippen LogP contribution in [0.5, 0.6) is 11.5 Å². The summed E-state index contributed by atoms with van der Waals surface area (Å²) in [6, 6.07) is 15.6. The summed E-state index contributed by atoms with van der Waals surface area (Å²) in [5.74, 6) is -1.02. The van der Waals surface area contributed by atoms with Crippen LogP contribution in [0.2, 0.25) is 5.02 Å². The van der Waals surface area contributed by atoms with E-state index < -0.39 is 22.9 Å². The summed E-state index contributed by atoms with van der Waals surface area (Å²) < 4.78 is 24.9. The van der Waals surface area contributed by atoms with Crippen molar-refractivity contribution in [2.75, 3.05) is 7.11 Å². The number of rotatable bonds is 6. The van der Waals surface area contributed by atoms with Crippen molar-refractivity contribution in [1.82, 2.24) is 4.90 Å². The molecule has 0 aromatic heterocycles. The molecule has 1 heterocycles. The van der Waals surface area contributed by atoms with Crippen LogP contribution in [0.15, 0.2) is 65.6 Å². The number of ether oxygens (including phenoxy) is 2. The van der Waals surface area contributed by atoms with Crippen molar-refractivity contribution in [3.8, 4) is 11.5 Å². The molecular formula is C25H16ClFINO5S. The molecule has 2 amide bonds. The van der Waals surface area contributed by atoms with E-state index in [2.05, 4.69) is 22.6 Å². The predicted octanol–water partition coefficient (Wildman–Crippen LogP) is 6.55. The smallest absolute Gasteiger partial charge is 0.344 e. The van der Waals surface area contributed by atoms with Gasteiger partial charge in [-0.05, 0) is 88.0 Å². The third kappa shape index (κ3) is 5.68. The number of amides is 2. The molecule has 1 aliphatic heterocycles. The lowest BCUT2D eigenvalue weighted by atomic mass is 10.1. The first-order valence-electron chi connectivity index (χ1n) is 10.1. The average Bonchev–Trinajstić information content (AvgIpc) is 3.09. The van der Waals surface area contributed by atoms with Gasteiger partial charge in [-0.15, -0.1) is 0 Å². The highest BCUT2D eigenvalue weighted by Gasteiger charge is 2.35. The summed E-state index contributed by atoms with van der Waals surface area (Å²) >= 11 is 8.88. The van der Waals surface area contributed by atoms with Crippen LogP contribution in [0.4, 0.5) is 9.18 Å². The summed E-state index contributed by atoms with van der Waals surface area (Å²) in [7, 11) is 1.43. The lowest BCUT2D eigenvalue weighted by Gasteiger charge is -2.13. The van der Waals surface area contributed by atoms with Crippen molar-refractivity contribution in [2.24, 2.45) is 0 Å². The molecule has 1 aliphatic rings. The maximum Gasteiger partial charge on any atom is 0.344 e. The SMILES string of the molecule is COc1cc(/C=C2\SC(=O)N(Cc3ccc(F)cc3Cl)C2=O)ccc1OC(=O)c1ccccc1I. The van der Waals surface area contributed by atoms with E-state index in [-0.39, 0.29) is 28.0 Å². The Morgan fingerprint density at radius 3 is 2.60 bits per heavy atom. The Bertz CT molecular complexity index is 1380. The maximum atomic E-state index is 13.3. The molecule has 0 N–H and O–H groups in total. The van der Waals surface area contributed by atoms with Crippen LogP contribution in [0.25, 0.3) is 6.08 Å². The Hall–Kier alpha value is -2.89. The highest BCUT2D eigenvalue weighted by Crippen LogP contribution is 2.36. The zero-order valence-electron chi connectivity index (χ0n) is 18.1. The van der Waals surface area contributed by atoms with Crippen molar-refractivity contribution in [1.29, 1.82) is 0 Å². The first-order valence-corrected chi connectivity index (χ1v) is 12.4. The molecule has 4 rings (SSSR count). The number of esters is 1. The Morgan fingerprint density at radius 1 is 1.11 bits per heavy atom. The fraction of sp³-hybridized carbons (Fsp3) is 0.0800. The molecule has 0 atom stereocenters. The molecule has 10 heteroatoms. The van der Waals surface area contributed by atoms with E-state index in [1.165, 1.54) is 19.2 Å². The molecular weight excluding hydrogens is 608 g/mol. The summed E-state index contributed by atoms with van der Waals surface area (Å²) in [6.07, 6.45) is 1.55. The first kappa shape index (κ1) is 25.2. The van der Waals surface area contributed by atoms with Crippen LogP contribution in [0.1, 0.15) is 21.5 Å². The molecule has 0 spiro atoms. The number of nitrogens with zero attached hydrogens (tertiary/aromatic N) is 1. The number of carbonyl (C=O) groups excluding carboxylic acids is 3. The van der Waals surface area contributed by atoms with Gasteiger partial charge in [0.1, 0.15) is 5.82 Å². The van der Waals surface area contributed by atoms with Crippen LogP contribution < -0.4 is 9.47 Å². The van der Waals surface area contributed by atoms with Crippen LogP contribution in [-0.4, -0.2) is 29.1 Å². The van der Waals surface area contributed by atoms with E-state index >= 15 is 0 Å². The van der Waals surface area contributed by atoms with Gasteiger partial charge in [0.2, 0.25) is 0 Å². The Balaban J connectivity index is 1.53. The molecule has 178 valence electrons. The van der Waals surface area contributed by atoms with Gasteiger partial charge >= 0.3 is 5.97 Å². The van der Waals surface area contributed by atoms with Crippen LogP contribution >= 0.6 is 46.0 Å². The predicted molar refractivity (Wildman–Crippen MR) is 140 cm³/mol. The third-order valence-corrected chi connectivity index (χ3v) is 7.20. The van der Waals surface area contributed by atoms with Crippen molar-refractivity contribution in [3.63, 3.8) is 0 Å². The van der Waals surface area contributed by atoms with Gasteiger partial charge in [0.25, 0.3) is 11.1 Å². The highest BCUT2D eigenvalue weighted by atomic mass is 127. The molecule has 3 aromatic rings. The number of carbonyl (C=O) groups is 3. The van der Waals surface area contributed by atoms with Gasteiger partial charge in [-0.25, -0.2) is 9.18 Å². The molecule has 35 heavy (non-hydrogen) atoms. The third-order valence-electron chi connectivity index (χ3n) is 5.00. The Morgan fingerprint density at radius 2 is 1.89 bits per heavy atom. The highest BCUT2D eigenvalue weighted by molar-refractivity contribution is 14.1. The minimum absolute atomic E-state index is 0.0718. The fourth-order valence-electron chi connectivity index (χ4n) is 3.25. The van der Waals surface area contributed by atoms with E-state index in [0.717, 1.165) is 26.3 Å². The topological polar surface area (TPSA) is 72.9 Å². The molecule has 0 bridgehead atoms. The molecule has 0 aliphatic carbocycles. The fourth-order valence-corrected chi connectivity index (χ4v) is 4.92. The van der Waals surface area contributed by atoms with Crippen LogP contribution in [-0.2, 0) is 11.3 Å². The number of hydrogen-bond acceptors (Lipinski definition) is 6. The van der Waals surface area contributed by atoms with Crippen molar-refractivity contribution < 1.29 is 28.2 Å². The molecule has 1 saturated heterocycles. The number of halogens is 3. The number of hydrogen-bond donors (Lipinski definition) is 0. The lowest BCUT2D eigenvalue weighted by molar-refractivity contribution is -0.123. The van der Waals surface area contributed by atoms with E-state index in [0.29, 0.717) is 16.7 Å². The van der Waals surface area contributed by atoms with Gasteiger partial charge in [0, 0.05) is 8.59 Å². The van der Waals surface area contributed by atoms with Crippen LogP contribution in [0.3, 0.4) is 0 Å². The number of methoxy groups -OCH3 is 1. The van der Waals surface area contributed by atoms with Gasteiger partial charge in [0.15, 0.2) is 11.5 Å². The van der Waals surface area contributed by atoms with Crippen molar-refractivity contribution in [2.45, 2.75) is 6.54 Å². The first-order chi connectivity index (χ1) is 16.8.